The first-order valence-electron chi connectivity index (χ1n) is 7.60. The van der Waals surface area contributed by atoms with Crippen molar-refractivity contribution in [2.24, 2.45) is 11.8 Å². The van der Waals surface area contributed by atoms with Gasteiger partial charge in [-0.05, 0) is 36.4 Å². The summed E-state index contributed by atoms with van der Waals surface area (Å²) < 4.78 is 5.69. The lowest BCUT2D eigenvalue weighted by atomic mass is 9.83. The van der Waals surface area contributed by atoms with E-state index in [9.17, 15) is 14.7 Å². The molecule has 1 N–H and O–H groups in total. The van der Waals surface area contributed by atoms with Gasteiger partial charge in [-0.2, -0.15) is 0 Å². The molecule has 2 unspecified atom stereocenters. The van der Waals surface area contributed by atoms with Gasteiger partial charge in [-0.1, -0.05) is 42.5 Å². The Kier molecular flexibility index (Phi) is 4.57. The van der Waals surface area contributed by atoms with E-state index >= 15 is 0 Å². The number of para-hydroxylation sites is 1. The molecule has 0 saturated heterocycles. The quantitative estimate of drug-likeness (QED) is 0.842. The fourth-order valence-electron chi connectivity index (χ4n) is 2.60. The molecule has 24 heavy (non-hydrogen) atoms. The van der Waals surface area contributed by atoms with Crippen molar-refractivity contribution in [2.45, 2.75) is 0 Å². The zero-order valence-electron chi connectivity index (χ0n) is 12.8. The predicted octanol–water partition coefficient (Wildman–Crippen LogP) is 4.10. The standard InChI is InChI=1S/C20H16O4/c21-19(17-8-4-5-9-18(17)20(22)23)14-10-12-16(13-11-14)24-15-6-2-1-3-7-15/h1-13,17-18H,(H,22,23). The Balaban J connectivity index is 1.75. The molecule has 2 aromatic carbocycles. The third-order valence-electron chi connectivity index (χ3n) is 3.84. The van der Waals surface area contributed by atoms with Crippen molar-refractivity contribution < 1.29 is 19.4 Å². The second-order valence-corrected chi connectivity index (χ2v) is 5.46. The predicted molar refractivity (Wildman–Crippen MR) is 90.2 cm³/mol. The average molecular weight is 320 g/mol. The molecule has 0 radical (unpaired) electrons. The zero-order valence-corrected chi connectivity index (χ0v) is 12.8. The molecule has 0 amide bonds. The summed E-state index contributed by atoms with van der Waals surface area (Å²) in [6, 6.07) is 16.1. The fraction of sp³-hybridized carbons (Fsp3) is 0.100. The van der Waals surface area contributed by atoms with Crippen LogP contribution in [0.5, 0.6) is 11.5 Å². The Labute approximate surface area is 139 Å². The molecule has 0 spiro atoms. The molecule has 0 saturated carbocycles. The third-order valence-corrected chi connectivity index (χ3v) is 3.84. The minimum absolute atomic E-state index is 0.214. The summed E-state index contributed by atoms with van der Waals surface area (Å²) in [5, 5.41) is 9.26. The number of aliphatic carboxylic acids is 1. The molecule has 0 aromatic heterocycles. The van der Waals surface area contributed by atoms with Crippen molar-refractivity contribution in [1.82, 2.24) is 0 Å². The van der Waals surface area contributed by atoms with Crippen LogP contribution in [0.15, 0.2) is 78.9 Å². The van der Waals surface area contributed by atoms with E-state index in [0.717, 1.165) is 0 Å². The van der Waals surface area contributed by atoms with Crippen molar-refractivity contribution in [2.75, 3.05) is 0 Å². The Morgan fingerprint density at radius 3 is 2.00 bits per heavy atom. The van der Waals surface area contributed by atoms with E-state index < -0.39 is 17.8 Å². The van der Waals surface area contributed by atoms with Gasteiger partial charge in [-0.3, -0.25) is 9.59 Å². The highest BCUT2D eigenvalue weighted by Crippen LogP contribution is 2.26. The van der Waals surface area contributed by atoms with Crippen LogP contribution >= 0.6 is 0 Å². The summed E-state index contributed by atoms with van der Waals surface area (Å²) >= 11 is 0. The van der Waals surface area contributed by atoms with Crippen molar-refractivity contribution in [3.8, 4) is 11.5 Å². The summed E-state index contributed by atoms with van der Waals surface area (Å²) in [6.45, 7) is 0. The largest absolute Gasteiger partial charge is 0.481 e. The minimum atomic E-state index is -1.00. The number of allylic oxidation sites excluding steroid dienone is 3. The molecule has 3 rings (SSSR count). The summed E-state index contributed by atoms with van der Waals surface area (Å²) in [5.41, 5.74) is 0.464. The number of ketones is 1. The summed E-state index contributed by atoms with van der Waals surface area (Å²) in [6.07, 6.45) is 6.53. The van der Waals surface area contributed by atoms with Crippen LogP contribution in [0.25, 0.3) is 0 Å². The van der Waals surface area contributed by atoms with Gasteiger partial charge in [0.2, 0.25) is 0 Å². The van der Waals surface area contributed by atoms with E-state index in [4.69, 9.17) is 4.74 Å². The molecule has 1 aliphatic carbocycles. The Morgan fingerprint density at radius 2 is 1.38 bits per heavy atom. The molecule has 4 nitrogen and oxygen atoms in total. The van der Waals surface area contributed by atoms with E-state index in [1.807, 2.05) is 30.3 Å². The molecule has 0 aliphatic heterocycles. The number of ether oxygens (including phenoxy) is 1. The monoisotopic (exact) mass is 320 g/mol. The van der Waals surface area contributed by atoms with Gasteiger partial charge < -0.3 is 9.84 Å². The third kappa shape index (κ3) is 3.43. The number of rotatable bonds is 5. The van der Waals surface area contributed by atoms with Gasteiger partial charge >= 0.3 is 5.97 Å². The second-order valence-electron chi connectivity index (χ2n) is 5.46. The van der Waals surface area contributed by atoms with Crippen molar-refractivity contribution in [3.05, 3.63) is 84.5 Å². The van der Waals surface area contributed by atoms with Crippen LogP contribution in [0, 0.1) is 11.8 Å². The molecule has 0 bridgehead atoms. The van der Waals surface area contributed by atoms with Gasteiger partial charge in [0.1, 0.15) is 11.5 Å². The molecule has 2 aromatic rings. The lowest BCUT2D eigenvalue weighted by Gasteiger charge is -2.19. The lowest BCUT2D eigenvalue weighted by molar-refractivity contribution is -0.140. The first kappa shape index (κ1) is 15.7. The highest BCUT2D eigenvalue weighted by molar-refractivity contribution is 6.01. The summed E-state index contributed by atoms with van der Waals surface area (Å²) in [7, 11) is 0. The number of hydrogen-bond donors (Lipinski definition) is 1. The average Bonchev–Trinajstić information content (AvgIpc) is 2.62. The van der Waals surface area contributed by atoms with Crippen LogP contribution in [-0.2, 0) is 4.79 Å². The minimum Gasteiger partial charge on any atom is -0.481 e. The van der Waals surface area contributed by atoms with E-state index in [1.165, 1.54) is 6.08 Å². The molecule has 0 fully saturated rings. The van der Waals surface area contributed by atoms with Gasteiger partial charge in [0, 0.05) is 5.56 Å². The molecule has 2 atom stereocenters. The number of carbonyl (C=O) groups excluding carboxylic acids is 1. The van der Waals surface area contributed by atoms with Crippen molar-refractivity contribution in [3.63, 3.8) is 0 Å². The molecule has 0 heterocycles. The van der Waals surface area contributed by atoms with E-state index in [1.54, 1.807) is 42.5 Å². The smallest absolute Gasteiger partial charge is 0.311 e. The maximum absolute atomic E-state index is 12.6. The molecule has 4 heteroatoms. The lowest BCUT2D eigenvalue weighted by Crippen LogP contribution is -2.28. The normalized spacial score (nSPS) is 19.0. The van der Waals surface area contributed by atoms with E-state index in [-0.39, 0.29) is 5.78 Å². The van der Waals surface area contributed by atoms with Gasteiger partial charge in [0.05, 0.1) is 11.8 Å². The van der Waals surface area contributed by atoms with Gasteiger partial charge in [-0.25, -0.2) is 0 Å². The number of Topliss-reactive ketones (excluding diaryl/α,β-unsaturated/α-hetero) is 1. The Bertz CT molecular complexity index is 788. The maximum atomic E-state index is 12.6. The van der Waals surface area contributed by atoms with Crippen molar-refractivity contribution >= 4 is 11.8 Å². The second kappa shape index (κ2) is 6.96. The van der Waals surface area contributed by atoms with Gasteiger partial charge in [0.15, 0.2) is 5.78 Å². The molecular weight excluding hydrogens is 304 g/mol. The van der Waals surface area contributed by atoms with Gasteiger partial charge in [-0.15, -0.1) is 0 Å². The Hall–Kier alpha value is -3.14. The van der Waals surface area contributed by atoms with E-state index in [2.05, 4.69) is 0 Å². The highest BCUT2D eigenvalue weighted by atomic mass is 16.5. The first-order valence-corrected chi connectivity index (χ1v) is 7.60. The topological polar surface area (TPSA) is 63.6 Å². The first-order chi connectivity index (χ1) is 11.6. The summed E-state index contributed by atoms with van der Waals surface area (Å²) in [4.78, 5) is 23.9. The maximum Gasteiger partial charge on any atom is 0.311 e. The Morgan fingerprint density at radius 1 is 0.792 bits per heavy atom. The number of benzene rings is 2. The number of hydrogen-bond acceptors (Lipinski definition) is 3. The van der Waals surface area contributed by atoms with Crippen LogP contribution in [0.2, 0.25) is 0 Å². The number of carbonyl (C=O) groups is 2. The number of carboxylic acids is 1. The van der Waals surface area contributed by atoms with Gasteiger partial charge in [0.25, 0.3) is 0 Å². The molecule has 120 valence electrons. The van der Waals surface area contributed by atoms with Crippen LogP contribution in [0.4, 0.5) is 0 Å². The van der Waals surface area contributed by atoms with Crippen LogP contribution in [0.3, 0.4) is 0 Å². The van der Waals surface area contributed by atoms with Crippen LogP contribution in [0.1, 0.15) is 10.4 Å². The van der Waals surface area contributed by atoms with Crippen LogP contribution < -0.4 is 4.74 Å². The van der Waals surface area contributed by atoms with Crippen molar-refractivity contribution in [1.29, 1.82) is 0 Å². The molecular formula is C20H16O4. The highest BCUT2D eigenvalue weighted by Gasteiger charge is 2.31. The van der Waals surface area contributed by atoms with E-state index in [0.29, 0.717) is 17.1 Å². The zero-order chi connectivity index (χ0) is 16.9. The SMILES string of the molecule is O=C(O)C1C=CC=CC1C(=O)c1ccc(Oc2ccccc2)cc1. The summed E-state index contributed by atoms with van der Waals surface area (Å²) in [5.74, 6) is -1.40. The fourth-order valence-corrected chi connectivity index (χ4v) is 2.60. The molecule has 1 aliphatic rings. The number of carboxylic acid groups (broad SMARTS) is 1. The van der Waals surface area contributed by atoms with Crippen LogP contribution in [-0.4, -0.2) is 16.9 Å².